The average Bonchev–Trinajstić information content (AvgIpc) is 3.24. The van der Waals surface area contributed by atoms with Gasteiger partial charge in [-0.15, -0.1) is 0 Å². The number of benzene rings is 1. The molecule has 0 saturated carbocycles. The van der Waals surface area contributed by atoms with Gasteiger partial charge in [-0.1, -0.05) is 49.3 Å². The van der Waals surface area contributed by atoms with E-state index in [9.17, 15) is 8.42 Å². The van der Waals surface area contributed by atoms with E-state index in [0.29, 0.717) is 38.4 Å². The molecule has 0 atom stereocenters. The van der Waals surface area contributed by atoms with Crippen molar-refractivity contribution in [2.24, 2.45) is 10.4 Å². The van der Waals surface area contributed by atoms with Crippen molar-refractivity contribution in [2.75, 3.05) is 39.3 Å². The summed E-state index contributed by atoms with van der Waals surface area (Å²) in [5, 5.41) is 7.08. The van der Waals surface area contributed by atoms with Gasteiger partial charge in [0.2, 0.25) is 10.0 Å². The molecule has 2 aromatic rings. The molecule has 0 bridgehead atoms. The molecule has 1 saturated heterocycles. The topological polar surface area (TPSA) is 91.0 Å². The van der Waals surface area contributed by atoms with E-state index in [0.717, 1.165) is 18.9 Å². The fraction of sp³-hybridized carbons (Fsp3) is 0.545. The van der Waals surface area contributed by atoms with Crippen molar-refractivity contribution in [1.82, 2.24) is 19.7 Å². The maximum absolute atomic E-state index is 12.7. The second kappa shape index (κ2) is 10.3. The summed E-state index contributed by atoms with van der Waals surface area (Å²) in [5.74, 6) is 0.711. The molecule has 170 valence electrons. The first-order valence-electron chi connectivity index (χ1n) is 10.7. The third-order valence-electron chi connectivity index (χ3n) is 5.27. The summed E-state index contributed by atoms with van der Waals surface area (Å²) in [6.07, 6.45) is 2.34. The van der Waals surface area contributed by atoms with Crippen molar-refractivity contribution in [1.29, 1.82) is 0 Å². The van der Waals surface area contributed by atoms with Crippen LogP contribution in [0.3, 0.4) is 0 Å². The summed E-state index contributed by atoms with van der Waals surface area (Å²) in [7, 11) is -3.41. The second-order valence-electron chi connectivity index (χ2n) is 8.63. The Morgan fingerprint density at radius 1 is 1.16 bits per heavy atom. The maximum Gasteiger partial charge on any atom is 0.220 e. The molecule has 0 unspecified atom stereocenters. The molecule has 2 heterocycles. The number of piperazine rings is 1. The van der Waals surface area contributed by atoms with E-state index < -0.39 is 10.0 Å². The Morgan fingerprint density at radius 3 is 2.48 bits per heavy atom. The number of nitrogens with zero attached hydrogens (tertiary/aromatic N) is 4. The van der Waals surface area contributed by atoms with Crippen LogP contribution in [0.1, 0.15) is 32.0 Å². The van der Waals surface area contributed by atoms with Crippen molar-refractivity contribution in [3.05, 3.63) is 53.9 Å². The van der Waals surface area contributed by atoms with Crippen LogP contribution in [0.4, 0.5) is 0 Å². The van der Waals surface area contributed by atoms with E-state index in [4.69, 9.17) is 9.52 Å². The van der Waals surface area contributed by atoms with Gasteiger partial charge in [0.1, 0.15) is 12.0 Å². The Hall–Kier alpha value is -2.39. The molecule has 9 heteroatoms. The Balaban J connectivity index is 1.59. The first-order valence-corrected chi connectivity index (χ1v) is 12.3. The van der Waals surface area contributed by atoms with Crippen LogP contribution in [0, 0.1) is 5.41 Å². The van der Waals surface area contributed by atoms with Crippen molar-refractivity contribution >= 4 is 16.0 Å². The highest BCUT2D eigenvalue weighted by molar-refractivity contribution is 7.88. The molecule has 1 fully saturated rings. The van der Waals surface area contributed by atoms with Crippen LogP contribution in [-0.2, 0) is 22.2 Å². The molecule has 0 spiro atoms. The van der Waals surface area contributed by atoms with Gasteiger partial charge in [0, 0.05) is 45.3 Å². The Bertz CT molecular complexity index is 935. The minimum Gasteiger partial charge on any atom is -0.364 e. The van der Waals surface area contributed by atoms with Gasteiger partial charge in [0.05, 0.1) is 5.69 Å². The highest BCUT2D eigenvalue weighted by atomic mass is 32.2. The van der Waals surface area contributed by atoms with Crippen LogP contribution in [0.25, 0.3) is 0 Å². The highest BCUT2D eigenvalue weighted by Crippen LogP contribution is 2.22. The number of hydrogen-bond acceptors (Lipinski definition) is 5. The molecular formula is C22H33N5O3S. The maximum atomic E-state index is 12.7. The Labute approximate surface area is 185 Å². The van der Waals surface area contributed by atoms with Crippen LogP contribution in [0.2, 0.25) is 0 Å². The summed E-state index contributed by atoms with van der Waals surface area (Å²) in [5.41, 5.74) is 1.75. The predicted molar refractivity (Wildman–Crippen MR) is 122 cm³/mol. The molecule has 0 radical (unpaired) electrons. The second-order valence-corrected chi connectivity index (χ2v) is 10.6. The Morgan fingerprint density at radius 2 is 1.87 bits per heavy atom. The lowest BCUT2D eigenvalue weighted by Crippen LogP contribution is -2.54. The third-order valence-corrected chi connectivity index (χ3v) is 7.08. The number of nitrogens with one attached hydrogen (secondary N) is 1. The minimum atomic E-state index is -3.41. The lowest BCUT2D eigenvalue weighted by molar-refractivity contribution is 0.258. The number of rotatable bonds is 8. The van der Waals surface area contributed by atoms with Crippen molar-refractivity contribution < 1.29 is 12.9 Å². The molecule has 31 heavy (non-hydrogen) atoms. The SMILES string of the molecule is CCNC(=NCC(C)(C)Cc1ccccc1)N1CCN(S(=O)(=O)Cc2ccon2)CC1. The molecule has 1 aliphatic heterocycles. The molecule has 3 rings (SSSR count). The number of aromatic nitrogens is 1. The highest BCUT2D eigenvalue weighted by Gasteiger charge is 2.29. The van der Waals surface area contributed by atoms with Gasteiger partial charge in [-0.05, 0) is 24.3 Å². The number of guanidine groups is 1. The minimum absolute atomic E-state index is 0.0186. The zero-order chi connectivity index (χ0) is 22.3. The largest absolute Gasteiger partial charge is 0.364 e. The van der Waals surface area contributed by atoms with Gasteiger partial charge in [0.25, 0.3) is 0 Å². The van der Waals surface area contributed by atoms with E-state index in [2.05, 4.69) is 53.5 Å². The molecule has 8 nitrogen and oxygen atoms in total. The fourth-order valence-electron chi connectivity index (χ4n) is 3.69. The van der Waals surface area contributed by atoms with Gasteiger partial charge in [0.15, 0.2) is 5.96 Å². The average molecular weight is 448 g/mol. The number of hydrogen-bond donors (Lipinski definition) is 1. The van der Waals surface area contributed by atoms with Crippen molar-refractivity contribution in [2.45, 2.75) is 32.9 Å². The summed E-state index contributed by atoms with van der Waals surface area (Å²) in [6.45, 7) is 10.0. The quantitative estimate of drug-likeness (QED) is 0.493. The molecule has 1 N–H and O–H groups in total. The molecule has 1 aliphatic rings. The molecule has 0 aliphatic carbocycles. The van der Waals surface area contributed by atoms with Crippen LogP contribution in [-0.4, -0.2) is 68.0 Å². The van der Waals surface area contributed by atoms with E-state index >= 15 is 0 Å². The predicted octanol–water partition coefficient (Wildman–Crippen LogP) is 2.36. The smallest absolute Gasteiger partial charge is 0.220 e. The zero-order valence-corrected chi connectivity index (χ0v) is 19.4. The molecule has 1 aromatic carbocycles. The molecular weight excluding hydrogens is 414 g/mol. The third kappa shape index (κ3) is 6.80. The van der Waals surface area contributed by atoms with E-state index in [1.807, 2.05) is 13.0 Å². The first kappa shape index (κ1) is 23.3. The van der Waals surface area contributed by atoms with E-state index in [1.165, 1.54) is 16.1 Å². The van der Waals surface area contributed by atoms with Crippen LogP contribution in [0.5, 0.6) is 0 Å². The lowest BCUT2D eigenvalue weighted by Gasteiger charge is -2.36. The summed E-state index contributed by atoms with van der Waals surface area (Å²) >= 11 is 0. The standard InChI is InChI=1S/C22H33N5O3S/c1-4-23-21(24-18-22(2,3)16-19-8-6-5-7-9-19)26-11-13-27(14-12-26)31(28,29)17-20-10-15-30-25-20/h5-10,15H,4,11-14,16-18H2,1-3H3,(H,23,24). The zero-order valence-electron chi connectivity index (χ0n) is 18.6. The van der Waals surface area contributed by atoms with Gasteiger partial charge < -0.3 is 14.7 Å². The van der Waals surface area contributed by atoms with Crippen molar-refractivity contribution in [3.63, 3.8) is 0 Å². The summed E-state index contributed by atoms with van der Waals surface area (Å²) in [4.78, 5) is 7.04. The first-order chi connectivity index (χ1) is 14.8. The molecule has 0 amide bonds. The summed E-state index contributed by atoms with van der Waals surface area (Å²) in [6, 6.07) is 12.0. The van der Waals surface area contributed by atoms with E-state index in [1.54, 1.807) is 6.07 Å². The lowest BCUT2D eigenvalue weighted by atomic mass is 9.86. The normalized spacial score (nSPS) is 16.5. The van der Waals surface area contributed by atoms with Gasteiger partial charge >= 0.3 is 0 Å². The Kier molecular flexibility index (Phi) is 7.72. The molecule has 1 aromatic heterocycles. The van der Waals surface area contributed by atoms with Gasteiger partial charge in [-0.3, -0.25) is 4.99 Å². The number of sulfonamides is 1. The summed E-state index contributed by atoms with van der Waals surface area (Å²) < 4.78 is 31.6. The fourth-order valence-corrected chi connectivity index (χ4v) is 5.11. The van der Waals surface area contributed by atoms with Crippen LogP contribution < -0.4 is 5.32 Å². The van der Waals surface area contributed by atoms with Gasteiger partial charge in [-0.25, -0.2) is 8.42 Å². The van der Waals surface area contributed by atoms with E-state index in [-0.39, 0.29) is 11.2 Å². The number of aliphatic imine (C=N–C) groups is 1. The van der Waals surface area contributed by atoms with Crippen LogP contribution >= 0.6 is 0 Å². The van der Waals surface area contributed by atoms with Gasteiger partial charge in [-0.2, -0.15) is 4.31 Å². The van der Waals surface area contributed by atoms with Crippen LogP contribution in [0.15, 0.2) is 52.2 Å². The monoisotopic (exact) mass is 447 g/mol. The van der Waals surface area contributed by atoms with Crippen molar-refractivity contribution in [3.8, 4) is 0 Å².